The van der Waals surface area contributed by atoms with Crippen molar-refractivity contribution in [3.8, 4) is 0 Å². The van der Waals surface area contributed by atoms with Gasteiger partial charge in [0.2, 0.25) is 0 Å². The fourth-order valence-corrected chi connectivity index (χ4v) is 2.63. The molecule has 0 amide bonds. The minimum absolute atomic E-state index is 0.314. The highest BCUT2D eigenvalue weighted by Crippen LogP contribution is 2.36. The van der Waals surface area contributed by atoms with Gasteiger partial charge in [-0.15, -0.1) is 0 Å². The van der Waals surface area contributed by atoms with Crippen LogP contribution in [0.15, 0.2) is 54.6 Å². The lowest BCUT2D eigenvalue weighted by Gasteiger charge is -2.26. The number of esters is 1. The van der Waals surface area contributed by atoms with Crippen LogP contribution in [0.3, 0.4) is 0 Å². The second-order valence-corrected chi connectivity index (χ2v) is 6.01. The van der Waals surface area contributed by atoms with E-state index in [0.717, 1.165) is 18.1 Å². The number of hydrogen-bond acceptors (Lipinski definition) is 3. The van der Waals surface area contributed by atoms with E-state index in [4.69, 9.17) is 9.84 Å². The lowest BCUT2D eigenvalue weighted by atomic mass is 9.97. The fraction of sp³-hybridized carbons (Fsp3) is 0.300. The van der Waals surface area contributed by atoms with Gasteiger partial charge in [0.1, 0.15) is 0 Å². The Labute approximate surface area is 150 Å². The molecule has 1 N–H and O–H groups in total. The van der Waals surface area contributed by atoms with Gasteiger partial charge in [0.15, 0.2) is 6.10 Å². The Kier molecular flexibility index (Phi) is 6.44. The smallest absolute Gasteiger partial charge is 0.309 e. The number of carbonyl (C=O) groups is 2. The van der Waals surface area contributed by atoms with E-state index in [-0.39, 0.29) is 5.56 Å². The molecule has 0 heterocycles. The lowest BCUT2D eigenvalue weighted by molar-refractivity contribution is -0.176. The largest absolute Gasteiger partial charge is 0.481 e. The maximum atomic E-state index is 14.7. The van der Waals surface area contributed by atoms with Crippen LogP contribution >= 0.6 is 0 Å². The normalized spacial score (nSPS) is 12.4. The number of hydrogen-bond donors (Lipinski definition) is 1. The molecule has 6 heteroatoms. The lowest BCUT2D eigenvalue weighted by Crippen LogP contribution is -2.35. The van der Waals surface area contributed by atoms with Gasteiger partial charge < -0.3 is 9.84 Å². The molecule has 0 aromatic heterocycles. The summed E-state index contributed by atoms with van der Waals surface area (Å²) < 4.78 is 34.1. The highest BCUT2D eigenvalue weighted by Gasteiger charge is 2.43. The highest BCUT2D eigenvalue weighted by atomic mass is 19.3. The number of carboxylic acid groups (broad SMARTS) is 1. The van der Waals surface area contributed by atoms with Crippen LogP contribution < -0.4 is 0 Å². The number of aliphatic carboxylic acids is 1. The summed E-state index contributed by atoms with van der Waals surface area (Å²) in [5.74, 6) is -5.58. The van der Waals surface area contributed by atoms with Crippen LogP contribution in [0.5, 0.6) is 0 Å². The Morgan fingerprint density at radius 3 is 2.15 bits per heavy atom. The second-order valence-electron chi connectivity index (χ2n) is 6.01. The molecule has 0 aliphatic heterocycles. The summed E-state index contributed by atoms with van der Waals surface area (Å²) in [6.45, 7) is 1.02. The predicted molar refractivity (Wildman–Crippen MR) is 92.0 cm³/mol. The van der Waals surface area contributed by atoms with Crippen molar-refractivity contribution in [2.75, 3.05) is 0 Å². The third-order valence-corrected chi connectivity index (χ3v) is 3.92. The van der Waals surface area contributed by atoms with Gasteiger partial charge in [-0.3, -0.25) is 9.59 Å². The first kappa shape index (κ1) is 19.6. The summed E-state index contributed by atoms with van der Waals surface area (Å²) in [6, 6.07) is 15.4. The number of alkyl halides is 2. The molecule has 2 aromatic rings. The molecule has 138 valence electrons. The average Bonchev–Trinajstić information content (AvgIpc) is 2.59. The standard InChI is InChI=1S/C20H20F2O4/c1-14(23)26-18(11-12-19(24)25)20(21,22)17-9-7-16(8-10-17)13-15-5-3-2-4-6-15/h2-10,18H,11-13H2,1H3,(H,24,25). The zero-order chi connectivity index (χ0) is 19.2. The first-order valence-corrected chi connectivity index (χ1v) is 8.19. The minimum Gasteiger partial charge on any atom is -0.481 e. The summed E-state index contributed by atoms with van der Waals surface area (Å²) in [5.41, 5.74) is 1.61. The van der Waals surface area contributed by atoms with Crippen LogP contribution in [-0.4, -0.2) is 23.1 Å². The molecular weight excluding hydrogens is 342 g/mol. The molecule has 0 bridgehead atoms. The van der Waals surface area contributed by atoms with E-state index < -0.39 is 36.8 Å². The molecule has 2 rings (SSSR count). The monoisotopic (exact) mass is 362 g/mol. The van der Waals surface area contributed by atoms with E-state index in [2.05, 4.69) is 0 Å². The molecule has 0 saturated heterocycles. The van der Waals surface area contributed by atoms with E-state index in [9.17, 15) is 18.4 Å². The Balaban J connectivity index is 2.16. The summed E-state index contributed by atoms with van der Waals surface area (Å²) in [6.07, 6.45) is -2.19. The van der Waals surface area contributed by atoms with Crippen LogP contribution in [0.2, 0.25) is 0 Å². The topological polar surface area (TPSA) is 63.6 Å². The molecule has 26 heavy (non-hydrogen) atoms. The van der Waals surface area contributed by atoms with Crippen LogP contribution in [0, 0.1) is 0 Å². The van der Waals surface area contributed by atoms with Gasteiger partial charge in [-0.05, 0) is 17.5 Å². The zero-order valence-corrected chi connectivity index (χ0v) is 14.3. The summed E-state index contributed by atoms with van der Waals surface area (Å²) in [5, 5.41) is 8.72. The van der Waals surface area contributed by atoms with Crippen molar-refractivity contribution in [1.82, 2.24) is 0 Å². The quantitative estimate of drug-likeness (QED) is 0.716. The molecule has 1 unspecified atom stereocenters. The molecular formula is C20H20F2O4. The SMILES string of the molecule is CC(=O)OC(CCC(=O)O)C(F)(F)c1ccc(Cc2ccccc2)cc1. The number of carboxylic acids is 1. The number of halogens is 2. The zero-order valence-electron chi connectivity index (χ0n) is 14.3. The minimum atomic E-state index is -3.48. The molecule has 0 radical (unpaired) electrons. The van der Waals surface area contributed by atoms with Crippen molar-refractivity contribution >= 4 is 11.9 Å². The Morgan fingerprint density at radius 2 is 1.62 bits per heavy atom. The predicted octanol–water partition coefficient (Wildman–Crippen LogP) is 4.17. The number of rotatable bonds is 8. The first-order valence-electron chi connectivity index (χ1n) is 8.19. The second kappa shape index (κ2) is 8.56. The Bertz CT molecular complexity index is 742. The molecule has 4 nitrogen and oxygen atoms in total. The third kappa shape index (κ3) is 5.37. The molecule has 1 atom stereocenters. The number of ether oxygens (including phenoxy) is 1. The molecule has 0 fully saturated rings. The van der Waals surface area contributed by atoms with Crippen LogP contribution in [0.1, 0.15) is 36.5 Å². The van der Waals surface area contributed by atoms with Crippen molar-refractivity contribution in [2.45, 2.75) is 38.2 Å². The number of carbonyl (C=O) groups excluding carboxylic acids is 1. The van der Waals surface area contributed by atoms with Crippen LogP contribution in [-0.2, 0) is 26.7 Å². The Hall–Kier alpha value is -2.76. The van der Waals surface area contributed by atoms with Gasteiger partial charge in [0.25, 0.3) is 0 Å². The van der Waals surface area contributed by atoms with E-state index in [0.29, 0.717) is 6.42 Å². The van der Waals surface area contributed by atoms with E-state index in [1.165, 1.54) is 12.1 Å². The summed E-state index contributed by atoms with van der Waals surface area (Å²) in [4.78, 5) is 21.8. The van der Waals surface area contributed by atoms with Crippen molar-refractivity contribution < 1.29 is 28.2 Å². The van der Waals surface area contributed by atoms with Gasteiger partial charge in [-0.1, -0.05) is 54.6 Å². The van der Waals surface area contributed by atoms with E-state index in [1.54, 1.807) is 12.1 Å². The average molecular weight is 362 g/mol. The molecule has 0 spiro atoms. The molecule has 0 aliphatic carbocycles. The van der Waals surface area contributed by atoms with Crippen molar-refractivity contribution in [1.29, 1.82) is 0 Å². The maximum absolute atomic E-state index is 14.7. The highest BCUT2D eigenvalue weighted by molar-refractivity contribution is 5.67. The molecule has 2 aromatic carbocycles. The van der Waals surface area contributed by atoms with Crippen LogP contribution in [0.25, 0.3) is 0 Å². The van der Waals surface area contributed by atoms with Gasteiger partial charge in [-0.2, -0.15) is 8.78 Å². The molecule has 0 saturated carbocycles. The fourth-order valence-electron chi connectivity index (χ4n) is 2.63. The van der Waals surface area contributed by atoms with Gasteiger partial charge >= 0.3 is 17.9 Å². The van der Waals surface area contributed by atoms with Crippen molar-refractivity contribution in [2.24, 2.45) is 0 Å². The molecule has 0 aliphatic rings. The van der Waals surface area contributed by atoms with Gasteiger partial charge in [0, 0.05) is 25.3 Å². The maximum Gasteiger partial charge on any atom is 0.309 e. The first-order chi connectivity index (χ1) is 12.3. The Morgan fingerprint density at radius 1 is 1.04 bits per heavy atom. The van der Waals surface area contributed by atoms with E-state index in [1.807, 2.05) is 30.3 Å². The summed E-state index contributed by atoms with van der Waals surface area (Å²) >= 11 is 0. The summed E-state index contributed by atoms with van der Waals surface area (Å²) in [7, 11) is 0. The number of benzene rings is 2. The third-order valence-electron chi connectivity index (χ3n) is 3.92. The van der Waals surface area contributed by atoms with E-state index >= 15 is 0 Å². The van der Waals surface area contributed by atoms with Gasteiger partial charge in [0.05, 0.1) is 0 Å². The van der Waals surface area contributed by atoms with Crippen molar-refractivity contribution in [3.63, 3.8) is 0 Å². The van der Waals surface area contributed by atoms with Crippen LogP contribution in [0.4, 0.5) is 8.78 Å². The van der Waals surface area contributed by atoms with Gasteiger partial charge in [-0.25, -0.2) is 0 Å². The van der Waals surface area contributed by atoms with Crippen molar-refractivity contribution in [3.05, 3.63) is 71.3 Å².